The highest BCUT2D eigenvalue weighted by atomic mass is 35.5. The number of benzene rings is 1. The van der Waals surface area contributed by atoms with E-state index in [1.54, 1.807) is 6.07 Å². The molecule has 3 heteroatoms. The second-order valence-corrected chi connectivity index (χ2v) is 3.86. The molecule has 1 aromatic carbocycles. The van der Waals surface area contributed by atoms with Crippen LogP contribution in [0.25, 0.3) is 0 Å². The Labute approximate surface area is 89.9 Å². The Morgan fingerprint density at radius 2 is 2.07 bits per heavy atom. The van der Waals surface area contributed by atoms with Gasteiger partial charge in [-0.25, -0.2) is 4.39 Å². The lowest BCUT2D eigenvalue weighted by Crippen LogP contribution is -2.13. The Bertz CT molecular complexity index is 323. The fourth-order valence-electron chi connectivity index (χ4n) is 1.72. The molecule has 1 fully saturated rings. The summed E-state index contributed by atoms with van der Waals surface area (Å²) in [7, 11) is 0. The maximum Gasteiger partial charge on any atom is 0.123 e. The molecule has 0 unspecified atom stereocenters. The molecule has 0 aliphatic heterocycles. The zero-order chi connectivity index (χ0) is 9.42. The molecule has 2 N–H and O–H groups in total. The third-order valence-electron chi connectivity index (χ3n) is 2.72. The van der Waals surface area contributed by atoms with Crippen LogP contribution in [0, 0.1) is 18.7 Å². The third kappa shape index (κ3) is 2.25. The lowest BCUT2D eigenvalue weighted by Gasteiger charge is -2.13. The summed E-state index contributed by atoms with van der Waals surface area (Å²) in [6.45, 7) is 1.92. The van der Waals surface area contributed by atoms with E-state index in [1.165, 1.54) is 18.9 Å². The van der Waals surface area contributed by atoms with Crippen molar-refractivity contribution in [2.75, 3.05) is 0 Å². The van der Waals surface area contributed by atoms with E-state index in [4.69, 9.17) is 5.73 Å². The molecule has 1 aliphatic carbocycles. The van der Waals surface area contributed by atoms with Crippen molar-refractivity contribution in [2.45, 2.75) is 25.8 Å². The quantitative estimate of drug-likeness (QED) is 0.807. The van der Waals surface area contributed by atoms with Gasteiger partial charge in [-0.2, -0.15) is 0 Å². The monoisotopic (exact) mass is 215 g/mol. The van der Waals surface area contributed by atoms with Crippen molar-refractivity contribution in [2.24, 2.45) is 11.7 Å². The van der Waals surface area contributed by atoms with Crippen LogP contribution in [0.4, 0.5) is 4.39 Å². The van der Waals surface area contributed by atoms with Gasteiger partial charge in [0.05, 0.1) is 0 Å². The Morgan fingerprint density at radius 1 is 1.43 bits per heavy atom. The van der Waals surface area contributed by atoms with Gasteiger partial charge in [-0.15, -0.1) is 12.4 Å². The molecule has 0 amide bonds. The standard InChI is InChI=1S/C11H14FN.ClH/c1-7-6-9(12)4-5-10(7)11(13)8-2-3-8;/h4-6,8,11H,2-3,13H2,1H3;1H/t11-;/m0./s1. The number of halogens is 2. The van der Waals surface area contributed by atoms with Gasteiger partial charge in [0.15, 0.2) is 0 Å². The Kier molecular flexibility index (Phi) is 3.51. The van der Waals surface area contributed by atoms with Crippen LogP contribution < -0.4 is 5.73 Å². The minimum Gasteiger partial charge on any atom is -0.324 e. The van der Waals surface area contributed by atoms with Crippen molar-refractivity contribution in [1.29, 1.82) is 0 Å². The SMILES string of the molecule is Cc1cc(F)ccc1[C@@H](N)C1CC1.Cl. The number of hydrogen-bond acceptors (Lipinski definition) is 1. The van der Waals surface area contributed by atoms with Gasteiger partial charge in [0.25, 0.3) is 0 Å². The summed E-state index contributed by atoms with van der Waals surface area (Å²) >= 11 is 0. The molecule has 1 nitrogen and oxygen atoms in total. The topological polar surface area (TPSA) is 26.0 Å². The largest absolute Gasteiger partial charge is 0.324 e. The number of hydrogen-bond donors (Lipinski definition) is 1. The van der Waals surface area contributed by atoms with Crippen LogP contribution in [0.3, 0.4) is 0 Å². The molecule has 2 rings (SSSR count). The fraction of sp³-hybridized carbons (Fsp3) is 0.455. The van der Waals surface area contributed by atoms with Crippen LogP contribution in [0.2, 0.25) is 0 Å². The highest BCUT2D eigenvalue weighted by Gasteiger charge is 2.30. The summed E-state index contributed by atoms with van der Waals surface area (Å²) in [6, 6.07) is 4.97. The summed E-state index contributed by atoms with van der Waals surface area (Å²) in [4.78, 5) is 0. The van der Waals surface area contributed by atoms with Gasteiger partial charge < -0.3 is 5.73 Å². The minimum atomic E-state index is -0.177. The molecule has 78 valence electrons. The molecule has 1 aliphatic rings. The van der Waals surface area contributed by atoms with Crippen molar-refractivity contribution in [3.63, 3.8) is 0 Å². The van der Waals surface area contributed by atoms with E-state index >= 15 is 0 Å². The van der Waals surface area contributed by atoms with E-state index in [0.717, 1.165) is 11.1 Å². The lowest BCUT2D eigenvalue weighted by atomic mass is 9.98. The van der Waals surface area contributed by atoms with E-state index in [2.05, 4.69) is 0 Å². The van der Waals surface area contributed by atoms with Crippen LogP contribution in [-0.2, 0) is 0 Å². The summed E-state index contributed by atoms with van der Waals surface area (Å²) in [5.41, 5.74) is 8.10. The van der Waals surface area contributed by atoms with Gasteiger partial charge in [0.1, 0.15) is 5.82 Å². The molecule has 1 atom stereocenters. The van der Waals surface area contributed by atoms with Crippen molar-refractivity contribution in [3.8, 4) is 0 Å². The predicted octanol–water partition coefficient (Wildman–Crippen LogP) is 2.97. The number of nitrogens with two attached hydrogens (primary N) is 1. The first kappa shape index (κ1) is 11.5. The van der Waals surface area contributed by atoms with Gasteiger partial charge in [-0.1, -0.05) is 6.07 Å². The second kappa shape index (κ2) is 4.28. The Morgan fingerprint density at radius 3 is 2.57 bits per heavy atom. The summed E-state index contributed by atoms with van der Waals surface area (Å²) < 4.78 is 12.8. The summed E-state index contributed by atoms with van der Waals surface area (Å²) in [6.07, 6.45) is 2.44. The zero-order valence-electron chi connectivity index (χ0n) is 8.16. The van der Waals surface area contributed by atoms with Crippen molar-refractivity contribution < 1.29 is 4.39 Å². The van der Waals surface area contributed by atoms with E-state index in [1.807, 2.05) is 13.0 Å². The first-order valence-corrected chi connectivity index (χ1v) is 4.70. The van der Waals surface area contributed by atoms with Gasteiger partial charge in [-0.3, -0.25) is 0 Å². The average Bonchev–Trinajstić information content (AvgIpc) is 2.85. The summed E-state index contributed by atoms with van der Waals surface area (Å²) in [5.74, 6) is 0.452. The lowest BCUT2D eigenvalue weighted by molar-refractivity contribution is 0.609. The molecule has 0 heterocycles. The van der Waals surface area contributed by atoms with Crippen LogP contribution in [0.5, 0.6) is 0 Å². The second-order valence-electron chi connectivity index (χ2n) is 3.86. The summed E-state index contributed by atoms with van der Waals surface area (Å²) in [5, 5.41) is 0. The third-order valence-corrected chi connectivity index (χ3v) is 2.72. The average molecular weight is 216 g/mol. The molecule has 0 saturated heterocycles. The van der Waals surface area contributed by atoms with Gasteiger partial charge >= 0.3 is 0 Å². The van der Waals surface area contributed by atoms with Gasteiger partial charge in [-0.05, 0) is 48.9 Å². The molecule has 0 aromatic heterocycles. The van der Waals surface area contributed by atoms with E-state index in [9.17, 15) is 4.39 Å². The minimum absolute atomic E-state index is 0. The number of aryl methyl sites for hydroxylation is 1. The van der Waals surface area contributed by atoms with Crippen LogP contribution in [0.1, 0.15) is 30.0 Å². The van der Waals surface area contributed by atoms with Crippen molar-refractivity contribution >= 4 is 12.4 Å². The zero-order valence-corrected chi connectivity index (χ0v) is 8.98. The van der Waals surface area contributed by atoms with E-state index < -0.39 is 0 Å². The van der Waals surface area contributed by atoms with Gasteiger partial charge in [0, 0.05) is 6.04 Å². The highest BCUT2D eigenvalue weighted by molar-refractivity contribution is 5.85. The van der Waals surface area contributed by atoms with E-state index in [0.29, 0.717) is 5.92 Å². The normalized spacial score (nSPS) is 17.4. The maximum absolute atomic E-state index is 12.8. The maximum atomic E-state index is 12.8. The molecule has 0 bridgehead atoms. The molecular weight excluding hydrogens is 201 g/mol. The van der Waals surface area contributed by atoms with Gasteiger partial charge in [0.2, 0.25) is 0 Å². The van der Waals surface area contributed by atoms with Crippen LogP contribution in [0.15, 0.2) is 18.2 Å². The number of rotatable bonds is 2. The fourth-order valence-corrected chi connectivity index (χ4v) is 1.72. The first-order valence-electron chi connectivity index (χ1n) is 4.70. The van der Waals surface area contributed by atoms with Crippen LogP contribution >= 0.6 is 12.4 Å². The van der Waals surface area contributed by atoms with Crippen LogP contribution in [-0.4, -0.2) is 0 Å². The molecule has 1 saturated carbocycles. The first-order chi connectivity index (χ1) is 6.18. The Balaban J connectivity index is 0.000000980. The van der Waals surface area contributed by atoms with Crippen molar-refractivity contribution in [1.82, 2.24) is 0 Å². The molecule has 1 aromatic rings. The molecule has 0 spiro atoms. The molecule has 14 heavy (non-hydrogen) atoms. The predicted molar refractivity (Wildman–Crippen MR) is 58.0 cm³/mol. The van der Waals surface area contributed by atoms with E-state index in [-0.39, 0.29) is 24.3 Å². The Hall–Kier alpha value is -0.600. The highest BCUT2D eigenvalue weighted by Crippen LogP contribution is 2.40. The molecule has 0 radical (unpaired) electrons. The smallest absolute Gasteiger partial charge is 0.123 e. The van der Waals surface area contributed by atoms with Crippen molar-refractivity contribution in [3.05, 3.63) is 35.1 Å². The molecular formula is C11H15ClFN.